The molecule has 2 aromatic rings. The summed E-state index contributed by atoms with van der Waals surface area (Å²) in [6.45, 7) is 7.72. The summed E-state index contributed by atoms with van der Waals surface area (Å²) in [4.78, 5) is 10.2. The van der Waals surface area contributed by atoms with Crippen LogP contribution in [0.15, 0.2) is 29.3 Å². The van der Waals surface area contributed by atoms with E-state index in [1.807, 2.05) is 32.9 Å². The maximum absolute atomic E-state index is 11.5. The molecule has 1 heterocycles. The van der Waals surface area contributed by atoms with Crippen LogP contribution in [0.4, 0.5) is 5.69 Å². The number of thiazole rings is 1. The minimum Gasteiger partial charge on any atom is -0.357 e. The summed E-state index contributed by atoms with van der Waals surface area (Å²) >= 11 is 1.66. The number of nitrogens with one attached hydrogen (secondary N) is 3. The molecule has 26 heavy (non-hydrogen) atoms. The van der Waals surface area contributed by atoms with Crippen LogP contribution in [0.3, 0.4) is 0 Å². The monoisotopic (exact) mass is 395 g/mol. The number of guanidine groups is 1. The van der Waals surface area contributed by atoms with Crippen LogP contribution in [0.2, 0.25) is 0 Å². The van der Waals surface area contributed by atoms with Crippen LogP contribution in [0.1, 0.15) is 28.1 Å². The number of sulfonamides is 1. The lowest BCUT2D eigenvalue weighted by atomic mass is 10.2. The Balaban J connectivity index is 2.10. The minimum atomic E-state index is -3.33. The van der Waals surface area contributed by atoms with Crippen LogP contribution < -0.4 is 15.4 Å². The van der Waals surface area contributed by atoms with Gasteiger partial charge in [0.25, 0.3) is 0 Å². The molecule has 0 saturated carbocycles. The van der Waals surface area contributed by atoms with Gasteiger partial charge in [0.05, 0.1) is 35.7 Å². The Morgan fingerprint density at radius 1 is 1.23 bits per heavy atom. The Morgan fingerprint density at radius 3 is 2.58 bits per heavy atom. The number of aliphatic imine (C=N–C) groups is 1. The molecule has 0 atom stereocenters. The summed E-state index contributed by atoms with van der Waals surface area (Å²) in [5.74, 6) is 0.673. The van der Waals surface area contributed by atoms with E-state index in [9.17, 15) is 8.42 Å². The fourth-order valence-corrected chi connectivity index (χ4v) is 3.84. The average molecular weight is 396 g/mol. The molecule has 9 heteroatoms. The third-order valence-corrected chi connectivity index (χ3v) is 5.14. The van der Waals surface area contributed by atoms with Crippen molar-refractivity contribution in [2.24, 2.45) is 4.99 Å². The Bertz CT molecular complexity index is 875. The molecule has 0 radical (unpaired) electrons. The lowest BCUT2D eigenvalue weighted by molar-refractivity contribution is 0.606. The van der Waals surface area contributed by atoms with Crippen molar-refractivity contribution in [2.75, 3.05) is 17.5 Å². The number of anilines is 1. The molecule has 2 rings (SSSR count). The predicted octanol–water partition coefficient (Wildman–Crippen LogP) is 2.39. The highest BCUT2D eigenvalue weighted by molar-refractivity contribution is 7.92. The van der Waals surface area contributed by atoms with Crippen molar-refractivity contribution in [1.82, 2.24) is 15.6 Å². The van der Waals surface area contributed by atoms with Crippen molar-refractivity contribution >= 4 is 33.0 Å². The van der Waals surface area contributed by atoms with E-state index in [4.69, 9.17) is 0 Å². The summed E-state index contributed by atoms with van der Waals surface area (Å²) in [6.07, 6.45) is 1.14. The van der Waals surface area contributed by atoms with E-state index in [0.717, 1.165) is 29.1 Å². The average Bonchev–Trinajstić information content (AvgIpc) is 2.87. The van der Waals surface area contributed by atoms with Gasteiger partial charge in [-0.3, -0.25) is 4.72 Å². The van der Waals surface area contributed by atoms with Gasteiger partial charge in [-0.05, 0) is 32.4 Å². The number of benzene rings is 1. The first-order valence-corrected chi connectivity index (χ1v) is 11.0. The molecule has 7 nitrogen and oxygen atoms in total. The summed E-state index contributed by atoms with van der Waals surface area (Å²) in [5.41, 5.74) is 2.38. The summed E-state index contributed by atoms with van der Waals surface area (Å²) in [5, 5.41) is 7.54. The molecular formula is C17H25N5O2S2. The standard InChI is InChI=1S/C17H25N5O2S2/c1-5-18-17(20-11-16-12(2)21-13(3)25-16)19-10-14-8-6-7-9-15(14)22-26(4,23)24/h6-9,22H,5,10-11H2,1-4H3,(H2,18,19,20). The highest BCUT2D eigenvalue weighted by atomic mass is 32.2. The van der Waals surface area contributed by atoms with Gasteiger partial charge < -0.3 is 10.6 Å². The zero-order valence-electron chi connectivity index (χ0n) is 15.5. The van der Waals surface area contributed by atoms with Crippen molar-refractivity contribution in [3.63, 3.8) is 0 Å². The molecule has 0 bridgehead atoms. The molecule has 0 aliphatic rings. The number of nitrogens with zero attached hydrogens (tertiary/aromatic N) is 2. The highest BCUT2D eigenvalue weighted by Crippen LogP contribution is 2.18. The third-order valence-electron chi connectivity index (χ3n) is 3.48. The van der Waals surface area contributed by atoms with Crippen molar-refractivity contribution in [2.45, 2.75) is 33.9 Å². The van der Waals surface area contributed by atoms with Gasteiger partial charge in [0, 0.05) is 11.4 Å². The zero-order valence-corrected chi connectivity index (χ0v) is 17.1. The second-order valence-corrected chi connectivity index (χ2v) is 8.86. The van der Waals surface area contributed by atoms with Crippen LogP contribution in [0, 0.1) is 13.8 Å². The molecule has 0 spiro atoms. The fourth-order valence-electron chi connectivity index (χ4n) is 2.36. The first-order chi connectivity index (χ1) is 12.3. The molecule has 0 fully saturated rings. The maximum Gasteiger partial charge on any atom is 0.229 e. The first-order valence-electron chi connectivity index (χ1n) is 8.29. The van der Waals surface area contributed by atoms with E-state index >= 15 is 0 Å². The van der Waals surface area contributed by atoms with Crippen LogP contribution in [-0.2, 0) is 23.1 Å². The fraction of sp³-hybridized carbons (Fsp3) is 0.412. The van der Waals surface area contributed by atoms with Gasteiger partial charge in [0.1, 0.15) is 0 Å². The Hall–Kier alpha value is -2.13. The van der Waals surface area contributed by atoms with Gasteiger partial charge in [0.15, 0.2) is 5.96 Å². The van der Waals surface area contributed by atoms with Crippen molar-refractivity contribution in [1.29, 1.82) is 0 Å². The van der Waals surface area contributed by atoms with Gasteiger partial charge in [-0.25, -0.2) is 18.4 Å². The molecular weight excluding hydrogens is 370 g/mol. The van der Waals surface area contributed by atoms with Crippen LogP contribution >= 0.6 is 11.3 Å². The second kappa shape index (κ2) is 9.00. The molecule has 1 aromatic heterocycles. The SMILES string of the molecule is CCNC(=NCc1ccccc1NS(C)(=O)=O)NCc1sc(C)nc1C. The predicted molar refractivity (Wildman–Crippen MR) is 108 cm³/mol. The number of aromatic nitrogens is 1. The number of hydrogen-bond donors (Lipinski definition) is 3. The lowest BCUT2D eigenvalue weighted by Crippen LogP contribution is -2.36. The Labute approximate surface area is 159 Å². The largest absolute Gasteiger partial charge is 0.357 e. The van der Waals surface area contributed by atoms with E-state index in [1.165, 1.54) is 4.88 Å². The number of rotatable bonds is 7. The van der Waals surface area contributed by atoms with Gasteiger partial charge in [-0.15, -0.1) is 11.3 Å². The summed E-state index contributed by atoms with van der Waals surface area (Å²) in [7, 11) is -3.33. The Kier molecular flexibility index (Phi) is 6.98. The second-order valence-electron chi connectivity index (χ2n) is 5.82. The van der Waals surface area contributed by atoms with Crippen LogP contribution in [-0.4, -0.2) is 32.2 Å². The molecule has 0 aliphatic heterocycles. The van der Waals surface area contributed by atoms with Gasteiger partial charge in [-0.1, -0.05) is 18.2 Å². The van der Waals surface area contributed by atoms with E-state index in [1.54, 1.807) is 23.5 Å². The van der Waals surface area contributed by atoms with Gasteiger partial charge >= 0.3 is 0 Å². The highest BCUT2D eigenvalue weighted by Gasteiger charge is 2.08. The zero-order chi connectivity index (χ0) is 19.2. The van der Waals surface area contributed by atoms with E-state index in [0.29, 0.717) is 24.7 Å². The van der Waals surface area contributed by atoms with E-state index in [2.05, 4.69) is 25.3 Å². The molecule has 0 aliphatic carbocycles. The van der Waals surface area contributed by atoms with Crippen LogP contribution in [0.25, 0.3) is 0 Å². The maximum atomic E-state index is 11.5. The van der Waals surface area contributed by atoms with Crippen molar-refractivity contribution < 1.29 is 8.42 Å². The number of aryl methyl sites for hydroxylation is 2. The van der Waals surface area contributed by atoms with Crippen LogP contribution in [0.5, 0.6) is 0 Å². The third kappa shape index (κ3) is 6.30. The van der Waals surface area contributed by atoms with Crippen molar-refractivity contribution in [3.8, 4) is 0 Å². The van der Waals surface area contributed by atoms with E-state index in [-0.39, 0.29) is 0 Å². The molecule has 0 saturated heterocycles. The van der Waals surface area contributed by atoms with Gasteiger partial charge in [-0.2, -0.15) is 0 Å². The summed E-state index contributed by atoms with van der Waals surface area (Å²) < 4.78 is 25.5. The minimum absolute atomic E-state index is 0.356. The Morgan fingerprint density at radius 2 is 1.96 bits per heavy atom. The lowest BCUT2D eigenvalue weighted by Gasteiger charge is -2.12. The smallest absolute Gasteiger partial charge is 0.229 e. The molecule has 0 amide bonds. The molecule has 3 N–H and O–H groups in total. The first kappa shape index (κ1) is 20.2. The topological polar surface area (TPSA) is 95.5 Å². The normalized spacial score (nSPS) is 12.1. The van der Waals surface area contributed by atoms with Crippen molar-refractivity contribution in [3.05, 3.63) is 45.4 Å². The quantitative estimate of drug-likeness (QED) is 0.494. The molecule has 1 aromatic carbocycles. The molecule has 142 valence electrons. The number of hydrogen-bond acceptors (Lipinski definition) is 5. The molecule has 0 unspecified atom stereocenters. The van der Waals surface area contributed by atoms with Gasteiger partial charge in [0.2, 0.25) is 10.0 Å². The summed E-state index contributed by atoms with van der Waals surface area (Å²) in [6, 6.07) is 7.24. The van der Waals surface area contributed by atoms with E-state index < -0.39 is 10.0 Å². The number of para-hydroxylation sites is 1.